The standard InChI is InChI=1S/C10H8O2S/c1-6-5-13-10-8(6)3-2-7(4-11)9(10)12/h2-5,12H,1H3. The van der Waals surface area contributed by atoms with Crippen LogP contribution in [-0.4, -0.2) is 11.4 Å². The summed E-state index contributed by atoms with van der Waals surface area (Å²) in [6, 6.07) is 3.51. The molecule has 66 valence electrons. The third kappa shape index (κ3) is 1.12. The zero-order chi connectivity index (χ0) is 9.42. The Bertz CT molecular complexity index is 471. The van der Waals surface area contributed by atoms with Gasteiger partial charge in [0.25, 0.3) is 0 Å². The number of rotatable bonds is 1. The van der Waals surface area contributed by atoms with Crippen molar-refractivity contribution in [2.45, 2.75) is 6.92 Å². The molecule has 1 aromatic carbocycles. The Balaban J connectivity index is 2.87. The average molecular weight is 192 g/mol. The van der Waals surface area contributed by atoms with Crippen LogP contribution in [0, 0.1) is 6.92 Å². The van der Waals surface area contributed by atoms with Gasteiger partial charge in [-0.2, -0.15) is 0 Å². The molecule has 1 heterocycles. The van der Waals surface area contributed by atoms with E-state index in [1.807, 2.05) is 18.4 Å². The van der Waals surface area contributed by atoms with Gasteiger partial charge in [-0.15, -0.1) is 11.3 Å². The number of phenols is 1. The minimum Gasteiger partial charge on any atom is -0.506 e. The Morgan fingerprint density at radius 3 is 2.92 bits per heavy atom. The third-order valence-electron chi connectivity index (χ3n) is 2.07. The van der Waals surface area contributed by atoms with E-state index in [9.17, 15) is 9.90 Å². The van der Waals surface area contributed by atoms with Crippen LogP contribution in [0.15, 0.2) is 17.5 Å². The largest absolute Gasteiger partial charge is 0.506 e. The van der Waals surface area contributed by atoms with Crippen LogP contribution in [0.4, 0.5) is 0 Å². The van der Waals surface area contributed by atoms with Gasteiger partial charge >= 0.3 is 0 Å². The zero-order valence-electron chi connectivity index (χ0n) is 7.07. The highest BCUT2D eigenvalue weighted by molar-refractivity contribution is 7.17. The molecule has 2 nitrogen and oxygen atoms in total. The maximum atomic E-state index is 10.5. The summed E-state index contributed by atoms with van der Waals surface area (Å²) in [4.78, 5) is 10.5. The molecule has 2 aromatic rings. The summed E-state index contributed by atoms with van der Waals surface area (Å²) in [5, 5.41) is 12.6. The molecule has 0 spiro atoms. The minimum absolute atomic E-state index is 0.102. The molecule has 0 radical (unpaired) electrons. The number of carbonyl (C=O) groups is 1. The fraction of sp³-hybridized carbons (Fsp3) is 0.100. The second kappa shape index (κ2) is 2.85. The zero-order valence-corrected chi connectivity index (χ0v) is 7.89. The number of aldehydes is 1. The van der Waals surface area contributed by atoms with E-state index >= 15 is 0 Å². The summed E-state index contributed by atoms with van der Waals surface area (Å²) in [5.41, 5.74) is 1.49. The lowest BCUT2D eigenvalue weighted by atomic mass is 10.1. The van der Waals surface area contributed by atoms with Crippen LogP contribution < -0.4 is 0 Å². The first kappa shape index (κ1) is 8.26. The lowest BCUT2D eigenvalue weighted by Crippen LogP contribution is -1.80. The Labute approximate surface area is 79.4 Å². The number of carbonyl (C=O) groups excluding carboxylic acids is 1. The highest BCUT2D eigenvalue weighted by Crippen LogP contribution is 2.34. The van der Waals surface area contributed by atoms with Gasteiger partial charge in [0.2, 0.25) is 0 Å². The van der Waals surface area contributed by atoms with Gasteiger partial charge in [-0.05, 0) is 29.3 Å². The highest BCUT2D eigenvalue weighted by atomic mass is 32.1. The van der Waals surface area contributed by atoms with Crippen LogP contribution in [0.1, 0.15) is 15.9 Å². The van der Waals surface area contributed by atoms with Gasteiger partial charge in [0, 0.05) is 0 Å². The van der Waals surface area contributed by atoms with Crippen LogP contribution in [0.2, 0.25) is 0 Å². The molecule has 0 aliphatic carbocycles. The Kier molecular flexibility index (Phi) is 1.81. The van der Waals surface area contributed by atoms with Crippen molar-refractivity contribution < 1.29 is 9.90 Å². The van der Waals surface area contributed by atoms with E-state index in [0.717, 1.165) is 15.6 Å². The number of phenolic OH excluding ortho intramolecular Hbond substituents is 1. The van der Waals surface area contributed by atoms with Gasteiger partial charge in [0.1, 0.15) is 5.75 Å². The number of aromatic hydroxyl groups is 1. The maximum absolute atomic E-state index is 10.5. The average Bonchev–Trinajstić information content (AvgIpc) is 2.50. The molecule has 0 atom stereocenters. The number of hydrogen-bond acceptors (Lipinski definition) is 3. The molecule has 13 heavy (non-hydrogen) atoms. The summed E-state index contributed by atoms with van der Waals surface area (Å²) in [6.07, 6.45) is 0.670. The van der Waals surface area contributed by atoms with E-state index in [0.29, 0.717) is 11.8 Å². The summed E-state index contributed by atoms with van der Waals surface area (Å²) < 4.78 is 0.794. The molecular formula is C10H8O2S. The smallest absolute Gasteiger partial charge is 0.153 e. The van der Waals surface area contributed by atoms with E-state index in [1.54, 1.807) is 6.07 Å². The Hall–Kier alpha value is -1.35. The first-order valence-corrected chi connectivity index (χ1v) is 4.77. The van der Waals surface area contributed by atoms with Crippen LogP contribution >= 0.6 is 11.3 Å². The number of hydrogen-bond donors (Lipinski definition) is 1. The normalized spacial score (nSPS) is 10.5. The SMILES string of the molecule is Cc1csc2c(O)c(C=O)ccc12. The topological polar surface area (TPSA) is 37.3 Å². The molecule has 0 aliphatic rings. The molecule has 1 aromatic heterocycles. The lowest BCUT2D eigenvalue weighted by molar-refractivity contribution is 0.112. The number of fused-ring (bicyclic) bond motifs is 1. The molecule has 2 rings (SSSR count). The van der Waals surface area contributed by atoms with Crippen molar-refractivity contribution >= 4 is 27.7 Å². The second-order valence-corrected chi connectivity index (χ2v) is 3.80. The maximum Gasteiger partial charge on any atom is 0.153 e. The van der Waals surface area contributed by atoms with Crippen molar-refractivity contribution in [1.82, 2.24) is 0 Å². The summed E-state index contributed by atoms with van der Waals surface area (Å²) in [6.45, 7) is 1.98. The first-order valence-electron chi connectivity index (χ1n) is 3.89. The summed E-state index contributed by atoms with van der Waals surface area (Å²) in [5.74, 6) is 0.102. The quantitative estimate of drug-likeness (QED) is 0.705. The van der Waals surface area contributed by atoms with Gasteiger partial charge in [-0.3, -0.25) is 4.79 Å². The molecule has 3 heteroatoms. The van der Waals surface area contributed by atoms with E-state index in [2.05, 4.69) is 0 Å². The van der Waals surface area contributed by atoms with Crippen molar-refractivity contribution in [1.29, 1.82) is 0 Å². The fourth-order valence-electron chi connectivity index (χ4n) is 1.32. The predicted molar refractivity (Wildman–Crippen MR) is 53.6 cm³/mol. The molecule has 0 aliphatic heterocycles. The molecule has 0 saturated heterocycles. The van der Waals surface area contributed by atoms with Crippen LogP contribution in [0.25, 0.3) is 10.1 Å². The first-order chi connectivity index (χ1) is 6.24. The molecule has 0 saturated carbocycles. The van der Waals surface area contributed by atoms with Gasteiger partial charge in [-0.1, -0.05) is 6.07 Å². The van der Waals surface area contributed by atoms with Gasteiger partial charge in [-0.25, -0.2) is 0 Å². The van der Waals surface area contributed by atoms with Crippen molar-refractivity contribution in [3.8, 4) is 5.75 Å². The predicted octanol–water partition coefficient (Wildman–Crippen LogP) is 2.73. The second-order valence-electron chi connectivity index (χ2n) is 2.92. The van der Waals surface area contributed by atoms with Crippen molar-refractivity contribution in [3.05, 3.63) is 28.6 Å². The number of benzene rings is 1. The van der Waals surface area contributed by atoms with Crippen molar-refractivity contribution in [3.63, 3.8) is 0 Å². The molecule has 0 bridgehead atoms. The fourth-order valence-corrected chi connectivity index (χ4v) is 2.33. The third-order valence-corrected chi connectivity index (χ3v) is 3.19. The van der Waals surface area contributed by atoms with E-state index in [4.69, 9.17) is 0 Å². The number of aryl methyl sites for hydroxylation is 1. The molecule has 1 N–H and O–H groups in total. The van der Waals surface area contributed by atoms with Gasteiger partial charge in [0.15, 0.2) is 6.29 Å². The van der Waals surface area contributed by atoms with Crippen LogP contribution in [0.5, 0.6) is 5.75 Å². The van der Waals surface area contributed by atoms with E-state index < -0.39 is 0 Å². The van der Waals surface area contributed by atoms with Gasteiger partial charge in [0.05, 0.1) is 10.3 Å². The molecule has 0 unspecified atom stereocenters. The van der Waals surface area contributed by atoms with Gasteiger partial charge < -0.3 is 5.11 Å². The molecule has 0 amide bonds. The highest BCUT2D eigenvalue weighted by Gasteiger charge is 2.08. The van der Waals surface area contributed by atoms with Crippen LogP contribution in [0.3, 0.4) is 0 Å². The molecule has 0 fully saturated rings. The number of thiophene rings is 1. The van der Waals surface area contributed by atoms with Crippen LogP contribution in [-0.2, 0) is 0 Å². The van der Waals surface area contributed by atoms with E-state index in [1.165, 1.54) is 11.3 Å². The minimum atomic E-state index is 0.102. The summed E-state index contributed by atoms with van der Waals surface area (Å²) >= 11 is 1.46. The van der Waals surface area contributed by atoms with E-state index in [-0.39, 0.29) is 5.75 Å². The molecular weight excluding hydrogens is 184 g/mol. The summed E-state index contributed by atoms with van der Waals surface area (Å²) in [7, 11) is 0. The monoisotopic (exact) mass is 192 g/mol. The lowest BCUT2D eigenvalue weighted by Gasteiger charge is -1.98. The Morgan fingerprint density at radius 2 is 2.23 bits per heavy atom. The van der Waals surface area contributed by atoms with Crippen molar-refractivity contribution in [2.24, 2.45) is 0 Å². The van der Waals surface area contributed by atoms with Crippen molar-refractivity contribution in [2.75, 3.05) is 0 Å². The Morgan fingerprint density at radius 1 is 1.46 bits per heavy atom.